The zero-order valence-corrected chi connectivity index (χ0v) is 12.3. The number of hydrogen-bond donors (Lipinski definition) is 1. The second-order valence-corrected chi connectivity index (χ2v) is 5.65. The van der Waals surface area contributed by atoms with Crippen LogP contribution in [0, 0.1) is 0 Å². The molecule has 1 aromatic rings. The van der Waals surface area contributed by atoms with Gasteiger partial charge in [-0.15, -0.1) is 0 Å². The lowest BCUT2D eigenvalue weighted by Gasteiger charge is -2.31. The number of hydrogen-bond acceptors (Lipinski definition) is 2. The lowest BCUT2D eigenvalue weighted by molar-refractivity contribution is 0.206. The van der Waals surface area contributed by atoms with Gasteiger partial charge in [0, 0.05) is 12.6 Å². The molecule has 1 saturated heterocycles. The maximum absolute atomic E-state index is 6.01. The zero-order chi connectivity index (χ0) is 13.0. The molecule has 0 aromatic heterocycles. The Bertz CT molecular complexity index is 387. The van der Waals surface area contributed by atoms with Crippen molar-refractivity contribution < 1.29 is 0 Å². The molecule has 1 aromatic carbocycles. The number of nitrogens with zero attached hydrogens (tertiary/aromatic N) is 1. The highest BCUT2D eigenvalue weighted by Gasteiger charge is 2.17. The van der Waals surface area contributed by atoms with E-state index >= 15 is 0 Å². The summed E-state index contributed by atoms with van der Waals surface area (Å²) in [5.74, 6) is 0. The number of rotatable bonds is 4. The largest absolute Gasteiger partial charge is 0.310 e. The Kier molecular flexibility index (Phi) is 5.31. The quantitative estimate of drug-likeness (QED) is 0.910. The van der Waals surface area contributed by atoms with Gasteiger partial charge < -0.3 is 10.2 Å². The molecule has 0 radical (unpaired) electrons. The zero-order valence-electron chi connectivity index (χ0n) is 10.8. The Morgan fingerprint density at radius 1 is 1.22 bits per heavy atom. The first-order valence-electron chi connectivity index (χ1n) is 6.58. The smallest absolute Gasteiger partial charge is 0.0595 e. The van der Waals surface area contributed by atoms with Crippen molar-refractivity contribution in [1.82, 2.24) is 10.2 Å². The van der Waals surface area contributed by atoms with E-state index in [1.54, 1.807) is 0 Å². The van der Waals surface area contributed by atoms with Crippen molar-refractivity contribution >= 4 is 23.2 Å². The molecular formula is C14H20Cl2N2. The summed E-state index contributed by atoms with van der Waals surface area (Å²) >= 11 is 11.9. The van der Waals surface area contributed by atoms with E-state index in [1.807, 2.05) is 18.2 Å². The molecule has 2 rings (SSSR count). The van der Waals surface area contributed by atoms with E-state index in [0.717, 1.165) is 6.54 Å². The van der Waals surface area contributed by atoms with E-state index in [0.29, 0.717) is 16.1 Å². The fraction of sp³-hybridized carbons (Fsp3) is 0.571. The molecule has 1 aliphatic heterocycles. The standard InChI is InChI=1S/C14H20Cl2N2/c1-2-18-7-5-12(6-8-18)17-10-11-3-4-13(15)14(16)9-11/h3-4,9,12,17H,2,5-8,10H2,1H3. The fourth-order valence-electron chi connectivity index (χ4n) is 2.37. The Balaban J connectivity index is 1.79. The van der Waals surface area contributed by atoms with Gasteiger partial charge in [0.05, 0.1) is 10.0 Å². The van der Waals surface area contributed by atoms with Crippen LogP contribution in [-0.4, -0.2) is 30.6 Å². The molecule has 4 heteroatoms. The minimum Gasteiger partial charge on any atom is -0.310 e. The summed E-state index contributed by atoms with van der Waals surface area (Å²) in [6, 6.07) is 6.46. The molecular weight excluding hydrogens is 267 g/mol. The second-order valence-electron chi connectivity index (χ2n) is 4.84. The van der Waals surface area contributed by atoms with Crippen molar-refractivity contribution in [3.05, 3.63) is 33.8 Å². The van der Waals surface area contributed by atoms with E-state index in [4.69, 9.17) is 23.2 Å². The van der Waals surface area contributed by atoms with Crippen molar-refractivity contribution in [3.63, 3.8) is 0 Å². The van der Waals surface area contributed by atoms with Crippen molar-refractivity contribution in [2.45, 2.75) is 32.4 Å². The third kappa shape index (κ3) is 3.86. The fourth-order valence-corrected chi connectivity index (χ4v) is 2.69. The lowest BCUT2D eigenvalue weighted by atomic mass is 10.0. The van der Waals surface area contributed by atoms with Gasteiger partial charge in [-0.1, -0.05) is 36.2 Å². The Morgan fingerprint density at radius 3 is 2.56 bits per heavy atom. The molecule has 0 atom stereocenters. The van der Waals surface area contributed by atoms with Crippen LogP contribution >= 0.6 is 23.2 Å². The molecule has 1 fully saturated rings. The van der Waals surface area contributed by atoms with Gasteiger partial charge in [-0.2, -0.15) is 0 Å². The highest BCUT2D eigenvalue weighted by Crippen LogP contribution is 2.22. The third-order valence-corrected chi connectivity index (χ3v) is 4.35. The molecule has 2 nitrogen and oxygen atoms in total. The van der Waals surface area contributed by atoms with Crippen LogP contribution in [0.25, 0.3) is 0 Å². The second kappa shape index (κ2) is 6.76. The normalized spacial score (nSPS) is 18.2. The summed E-state index contributed by atoms with van der Waals surface area (Å²) in [6.07, 6.45) is 2.46. The van der Waals surface area contributed by atoms with Crippen LogP contribution in [0.3, 0.4) is 0 Å². The lowest BCUT2D eigenvalue weighted by Crippen LogP contribution is -2.42. The van der Waals surface area contributed by atoms with Crippen molar-refractivity contribution in [2.24, 2.45) is 0 Å². The van der Waals surface area contributed by atoms with Gasteiger partial charge in [0.25, 0.3) is 0 Å². The van der Waals surface area contributed by atoms with Gasteiger partial charge in [0.15, 0.2) is 0 Å². The number of piperidine rings is 1. The van der Waals surface area contributed by atoms with Crippen molar-refractivity contribution in [1.29, 1.82) is 0 Å². The van der Waals surface area contributed by atoms with E-state index in [9.17, 15) is 0 Å². The summed E-state index contributed by atoms with van der Waals surface area (Å²) in [5, 5.41) is 4.86. The minimum atomic E-state index is 0.622. The molecule has 18 heavy (non-hydrogen) atoms. The highest BCUT2D eigenvalue weighted by atomic mass is 35.5. The molecule has 0 unspecified atom stereocenters. The number of benzene rings is 1. The molecule has 0 bridgehead atoms. The van der Waals surface area contributed by atoms with E-state index in [2.05, 4.69) is 17.1 Å². The van der Waals surface area contributed by atoms with Crippen LogP contribution in [0.4, 0.5) is 0 Å². The van der Waals surface area contributed by atoms with Crippen LogP contribution in [0.1, 0.15) is 25.3 Å². The number of halogens is 2. The van der Waals surface area contributed by atoms with Crippen molar-refractivity contribution in [2.75, 3.05) is 19.6 Å². The molecule has 0 amide bonds. The molecule has 100 valence electrons. The van der Waals surface area contributed by atoms with Gasteiger partial charge in [-0.25, -0.2) is 0 Å². The number of nitrogens with one attached hydrogen (secondary N) is 1. The summed E-state index contributed by atoms with van der Waals surface area (Å²) in [4.78, 5) is 2.50. The van der Waals surface area contributed by atoms with Crippen LogP contribution in [-0.2, 0) is 6.54 Å². The molecule has 0 spiro atoms. The summed E-state index contributed by atoms with van der Waals surface area (Å²) < 4.78 is 0. The molecule has 0 saturated carbocycles. The Hall–Kier alpha value is -0.280. The van der Waals surface area contributed by atoms with E-state index < -0.39 is 0 Å². The average Bonchev–Trinajstić information content (AvgIpc) is 2.41. The summed E-state index contributed by atoms with van der Waals surface area (Å²) in [5.41, 5.74) is 1.20. The van der Waals surface area contributed by atoms with Crippen LogP contribution < -0.4 is 5.32 Å². The van der Waals surface area contributed by atoms with Crippen LogP contribution in [0.2, 0.25) is 10.0 Å². The van der Waals surface area contributed by atoms with Gasteiger partial charge in [0.2, 0.25) is 0 Å². The molecule has 1 aliphatic rings. The van der Waals surface area contributed by atoms with Crippen LogP contribution in [0.5, 0.6) is 0 Å². The molecule has 1 N–H and O–H groups in total. The third-order valence-electron chi connectivity index (χ3n) is 3.61. The minimum absolute atomic E-state index is 0.622. The van der Waals surface area contributed by atoms with E-state index in [1.165, 1.54) is 38.0 Å². The van der Waals surface area contributed by atoms with Crippen molar-refractivity contribution in [3.8, 4) is 0 Å². The highest BCUT2D eigenvalue weighted by molar-refractivity contribution is 6.42. The summed E-state index contributed by atoms with van der Waals surface area (Å²) in [6.45, 7) is 6.67. The monoisotopic (exact) mass is 286 g/mol. The Labute approximate surface area is 119 Å². The first-order chi connectivity index (χ1) is 8.69. The molecule has 0 aliphatic carbocycles. The summed E-state index contributed by atoms with van der Waals surface area (Å²) in [7, 11) is 0. The average molecular weight is 287 g/mol. The molecule has 1 heterocycles. The van der Waals surface area contributed by atoms with E-state index in [-0.39, 0.29) is 0 Å². The first kappa shape index (κ1) is 14.1. The number of likely N-dealkylation sites (tertiary alicyclic amines) is 1. The van der Waals surface area contributed by atoms with Gasteiger partial charge in [-0.3, -0.25) is 0 Å². The maximum Gasteiger partial charge on any atom is 0.0595 e. The van der Waals surface area contributed by atoms with Gasteiger partial charge in [-0.05, 0) is 50.2 Å². The predicted molar refractivity (Wildman–Crippen MR) is 78.4 cm³/mol. The maximum atomic E-state index is 6.01. The first-order valence-corrected chi connectivity index (χ1v) is 7.34. The van der Waals surface area contributed by atoms with Gasteiger partial charge >= 0.3 is 0 Å². The SMILES string of the molecule is CCN1CCC(NCc2ccc(Cl)c(Cl)c2)CC1. The van der Waals surface area contributed by atoms with Gasteiger partial charge in [0.1, 0.15) is 0 Å². The van der Waals surface area contributed by atoms with Crippen LogP contribution in [0.15, 0.2) is 18.2 Å². The topological polar surface area (TPSA) is 15.3 Å². The predicted octanol–water partition coefficient (Wildman–Crippen LogP) is 3.57. The Morgan fingerprint density at radius 2 is 1.94 bits per heavy atom.